The van der Waals surface area contributed by atoms with E-state index < -0.39 is 0 Å². The number of nitrogens with zero attached hydrogens (tertiary/aromatic N) is 2. The normalized spacial score (nSPS) is 17.0. The van der Waals surface area contributed by atoms with Gasteiger partial charge in [-0.15, -0.1) is 0 Å². The maximum Gasteiger partial charge on any atom is 0.318 e. The number of hydrogen-bond acceptors (Lipinski definition) is 3. The van der Waals surface area contributed by atoms with Gasteiger partial charge in [-0.05, 0) is 55.0 Å². The highest BCUT2D eigenvalue weighted by Crippen LogP contribution is 2.35. The molecule has 0 saturated heterocycles. The number of urea groups is 1. The second-order valence-electron chi connectivity index (χ2n) is 6.48. The van der Waals surface area contributed by atoms with Gasteiger partial charge in [0.1, 0.15) is 0 Å². The summed E-state index contributed by atoms with van der Waals surface area (Å²) in [6.45, 7) is 2.60. The molecule has 0 radical (unpaired) electrons. The van der Waals surface area contributed by atoms with Crippen LogP contribution < -0.4 is 5.32 Å². The monoisotopic (exact) mass is 339 g/mol. The van der Waals surface area contributed by atoms with Gasteiger partial charge in [-0.3, -0.25) is 4.98 Å². The fourth-order valence-electron chi connectivity index (χ4n) is 3.50. The minimum Gasteiger partial charge on any atom is -0.396 e. The molecule has 0 fully saturated rings. The van der Waals surface area contributed by atoms with Gasteiger partial charge in [0.05, 0.1) is 12.1 Å². The van der Waals surface area contributed by atoms with Gasteiger partial charge in [0.15, 0.2) is 0 Å². The van der Waals surface area contributed by atoms with Crippen molar-refractivity contribution in [1.82, 2.24) is 15.2 Å². The third-order valence-electron chi connectivity index (χ3n) is 4.84. The van der Waals surface area contributed by atoms with Crippen molar-refractivity contribution >= 4 is 6.03 Å². The van der Waals surface area contributed by atoms with Crippen LogP contribution in [0.15, 0.2) is 48.8 Å². The SMILES string of the molecule is C[C@H](NC(=O)N(CCCO)[C@H]1CCc2ccccc21)c1ccncc1. The average molecular weight is 339 g/mol. The molecular formula is C20H25N3O2. The number of pyridine rings is 1. The van der Waals surface area contributed by atoms with Crippen LogP contribution in [0.5, 0.6) is 0 Å². The van der Waals surface area contributed by atoms with Crippen LogP contribution in [0.3, 0.4) is 0 Å². The number of carbonyl (C=O) groups excluding carboxylic acids is 1. The zero-order chi connectivity index (χ0) is 17.6. The first-order chi connectivity index (χ1) is 12.2. The molecule has 0 saturated carbocycles. The van der Waals surface area contributed by atoms with Crippen LogP contribution in [0.1, 0.15) is 48.5 Å². The van der Waals surface area contributed by atoms with E-state index in [0.29, 0.717) is 13.0 Å². The number of aliphatic hydroxyl groups is 1. The lowest BCUT2D eigenvalue weighted by Gasteiger charge is -2.31. The maximum atomic E-state index is 12.9. The molecule has 0 bridgehead atoms. The van der Waals surface area contributed by atoms with Gasteiger partial charge < -0.3 is 15.3 Å². The van der Waals surface area contributed by atoms with Gasteiger partial charge in [0.25, 0.3) is 0 Å². The van der Waals surface area contributed by atoms with Crippen molar-refractivity contribution in [2.75, 3.05) is 13.2 Å². The van der Waals surface area contributed by atoms with Crippen LogP contribution in [-0.2, 0) is 6.42 Å². The standard InChI is InChI=1S/C20H25N3O2/c1-15(16-9-11-21-12-10-16)22-20(25)23(13-4-14-24)19-8-7-17-5-2-3-6-18(17)19/h2-3,5-6,9-12,15,19,24H,4,7-8,13-14H2,1H3,(H,22,25)/t15-,19-/m0/s1. The Morgan fingerprint density at radius 3 is 2.84 bits per heavy atom. The predicted molar refractivity (Wildman–Crippen MR) is 97.1 cm³/mol. The van der Waals surface area contributed by atoms with Crippen LogP contribution in [0.4, 0.5) is 4.79 Å². The molecule has 1 aromatic carbocycles. The number of hydrogen-bond donors (Lipinski definition) is 2. The van der Waals surface area contributed by atoms with E-state index in [1.807, 2.05) is 36.1 Å². The van der Waals surface area contributed by atoms with Gasteiger partial charge >= 0.3 is 6.03 Å². The minimum absolute atomic E-state index is 0.0763. The zero-order valence-electron chi connectivity index (χ0n) is 14.6. The van der Waals surface area contributed by atoms with E-state index in [2.05, 4.69) is 22.4 Å². The first kappa shape index (κ1) is 17.4. The Morgan fingerprint density at radius 2 is 2.08 bits per heavy atom. The number of carbonyl (C=O) groups is 1. The fourth-order valence-corrected chi connectivity index (χ4v) is 3.50. The molecule has 1 aliphatic rings. The summed E-state index contributed by atoms with van der Waals surface area (Å²) in [4.78, 5) is 18.8. The second-order valence-corrected chi connectivity index (χ2v) is 6.48. The molecule has 132 valence electrons. The smallest absolute Gasteiger partial charge is 0.318 e. The Kier molecular flexibility index (Phi) is 5.66. The molecule has 2 amide bonds. The van der Waals surface area contributed by atoms with Crippen LogP contribution >= 0.6 is 0 Å². The molecule has 0 aliphatic heterocycles. The molecule has 25 heavy (non-hydrogen) atoms. The Labute approximate surface area is 148 Å². The first-order valence-electron chi connectivity index (χ1n) is 8.86. The third kappa shape index (κ3) is 3.99. The highest BCUT2D eigenvalue weighted by molar-refractivity contribution is 5.75. The van der Waals surface area contributed by atoms with Gasteiger partial charge in [-0.2, -0.15) is 0 Å². The van der Waals surface area contributed by atoms with Crippen molar-refractivity contribution in [3.05, 3.63) is 65.5 Å². The topological polar surface area (TPSA) is 65.5 Å². The van der Waals surface area contributed by atoms with E-state index in [4.69, 9.17) is 0 Å². The number of rotatable bonds is 6. The van der Waals surface area contributed by atoms with Crippen molar-refractivity contribution in [2.24, 2.45) is 0 Å². The summed E-state index contributed by atoms with van der Waals surface area (Å²) in [5, 5.41) is 12.3. The van der Waals surface area contributed by atoms with Crippen molar-refractivity contribution < 1.29 is 9.90 Å². The lowest BCUT2D eigenvalue weighted by molar-refractivity contribution is 0.162. The number of aliphatic hydroxyl groups excluding tert-OH is 1. The second kappa shape index (κ2) is 8.12. The molecule has 1 aliphatic carbocycles. The predicted octanol–water partition coefficient (Wildman–Crippen LogP) is 3.22. The van der Waals surface area contributed by atoms with E-state index in [0.717, 1.165) is 18.4 Å². The Balaban J connectivity index is 1.75. The maximum absolute atomic E-state index is 12.9. The van der Waals surface area contributed by atoms with Crippen molar-refractivity contribution in [1.29, 1.82) is 0 Å². The molecule has 0 spiro atoms. The summed E-state index contributed by atoms with van der Waals surface area (Å²) < 4.78 is 0. The van der Waals surface area contributed by atoms with Gasteiger partial charge in [-0.1, -0.05) is 24.3 Å². The lowest BCUT2D eigenvalue weighted by Crippen LogP contribution is -2.43. The summed E-state index contributed by atoms with van der Waals surface area (Å²) in [5.74, 6) is 0. The largest absolute Gasteiger partial charge is 0.396 e. The van der Waals surface area contributed by atoms with Gasteiger partial charge in [0.2, 0.25) is 0 Å². The average Bonchev–Trinajstić information content (AvgIpc) is 3.07. The minimum atomic E-state index is -0.0937. The molecule has 3 rings (SSSR count). The summed E-state index contributed by atoms with van der Waals surface area (Å²) >= 11 is 0. The number of aromatic nitrogens is 1. The van der Waals surface area contributed by atoms with Crippen molar-refractivity contribution in [3.63, 3.8) is 0 Å². The van der Waals surface area contributed by atoms with Gasteiger partial charge in [0, 0.05) is 25.5 Å². The summed E-state index contributed by atoms with van der Waals surface area (Å²) in [7, 11) is 0. The van der Waals surface area contributed by atoms with E-state index in [9.17, 15) is 9.90 Å². The molecule has 0 unspecified atom stereocenters. The first-order valence-corrected chi connectivity index (χ1v) is 8.86. The molecule has 5 heteroatoms. The van der Waals surface area contributed by atoms with Crippen molar-refractivity contribution in [3.8, 4) is 0 Å². The summed E-state index contributed by atoms with van der Waals surface area (Å²) in [6, 6.07) is 12.0. The Bertz CT molecular complexity index is 705. The number of aryl methyl sites for hydroxylation is 1. The molecule has 1 heterocycles. The molecule has 2 aromatic rings. The molecule has 1 aromatic heterocycles. The van der Waals surface area contributed by atoms with Crippen molar-refractivity contribution in [2.45, 2.75) is 38.3 Å². The highest BCUT2D eigenvalue weighted by Gasteiger charge is 2.31. The van der Waals surface area contributed by atoms with Crippen LogP contribution in [0, 0.1) is 0 Å². The number of nitrogens with one attached hydrogen (secondary N) is 1. The zero-order valence-corrected chi connectivity index (χ0v) is 14.6. The number of benzene rings is 1. The van der Waals surface area contributed by atoms with E-state index >= 15 is 0 Å². The van der Waals surface area contributed by atoms with Gasteiger partial charge in [-0.25, -0.2) is 4.79 Å². The third-order valence-corrected chi connectivity index (χ3v) is 4.84. The fraction of sp³-hybridized carbons (Fsp3) is 0.400. The lowest BCUT2D eigenvalue weighted by atomic mass is 10.1. The number of fused-ring (bicyclic) bond motifs is 1. The quantitative estimate of drug-likeness (QED) is 0.849. The summed E-state index contributed by atoms with van der Waals surface area (Å²) in [5.41, 5.74) is 3.57. The Hall–Kier alpha value is -2.40. The van der Waals surface area contributed by atoms with Crippen LogP contribution in [0.25, 0.3) is 0 Å². The molecule has 2 N–H and O–H groups in total. The molecule has 2 atom stereocenters. The van der Waals surface area contributed by atoms with Crippen LogP contribution in [0.2, 0.25) is 0 Å². The van der Waals surface area contributed by atoms with Crippen LogP contribution in [-0.4, -0.2) is 34.2 Å². The summed E-state index contributed by atoms with van der Waals surface area (Å²) in [6.07, 6.45) is 5.96. The molecular weight excluding hydrogens is 314 g/mol. The highest BCUT2D eigenvalue weighted by atomic mass is 16.3. The number of amides is 2. The van der Waals surface area contributed by atoms with E-state index in [-0.39, 0.29) is 24.7 Å². The Morgan fingerprint density at radius 1 is 1.32 bits per heavy atom. The van der Waals surface area contributed by atoms with E-state index in [1.165, 1.54) is 11.1 Å². The molecule has 5 nitrogen and oxygen atoms in total. The van der Waals surface area contributed by atoms with E-state index in [1.54, 1.807) is 12.4 Å².